The molecule has 0 fully saturated rings. The Kier molecular flexibility index (Phi) is 2.99. The zero-order valence-electron chi connectivity index (χ0n) is 6.52. The van der Waals surface area contributed by atoms with Gasteiger partial charge < -0.3 is 9.53 Å². The number of aldehydes is 1. The van der Waals surface area contributed by atoms with Crippen LogP contribution in [0.3, 0.4) is 0 Å². The molecule has 12 heavy (non-hydrogen) atoms. The van der Waals surface area contributed by atoms with Gasteiger partial charge in [-0.05, 0) is 11.4 Å². The highest BCUT2D eigenvalue weighted by Crippen LogP contribution is 2.20. The summed E-state index contributed by atoms with van der Waals surface area (Å²) in [7, 11) is 1.27. The van der Waals surface area contributed by atoms with Crippen molar-refractivity contribution in [2.45, 2.75) is 5.92 Å². The molecule has 64 valence electrons. The van der Waals surface area contributed by atoms with E-state index in [2.05, 4.69) is 4.74 Å². The van der Waals surface area contributed by atoms with Crippen LogP contribution in [-0.4, -0.2) is 19.4 Å². The Morgan fingerprint density at radius 1 is 1.75 bits per heavy atom. The van der Waals surface area contributed by atoms with Gasteiger partial charge in [0, 0.05) is 4.88 Å². The average Bonchev–Trinajstić information content (AvgIpc) is 2.58. The third-order valence-corrected chi connectivity index (χ3v) is 2.40. The fraction of sp³-hybridized carbons (Fsp3) is 0.250. The van der Waals surface area contributed by atoms with Crippen molar-refractivity contribution in [2.75, 3.05) is 7.11 Å². The van der Waals surface area contributed by atoms with Crippen LogP contribution in [0.25, 0.3) is 0 Å². The minimum Gasteiger partial charge on any atom is -0.468 e. The number of ether oxygens (including phenoxy) is 1. The lowest BCUT2D eigenvalue weighted by Crippen LogP contribution is -2.14. The smallest absolute Gasteiger partial charge is 0.321 e. The molecule has 1 heterocycles. The molecule has 0 spiro atoms. The molecule has 1 rings (SSSR count). The standard InChI is InChI=1S/C8H8O3S/c1-11-8(10)6(5-9)7-3-2-4-12-7/h2-6H,1H3. The van der Waals surface area contributed by atoms with E-state index in [-0.39, 0.29) is 0 Å². The van der Waals surface area contributed by atoms with Gasteiger partial charge in [0.1, 0.15) is 12.2 Å². The number of methoxy groups -OCH3 is 1. The van der Waals surface area contributed by atoms with Crippen molar-refractivity contribution in [2.24, 2.45) is 0 Å². The Hall–Kier alpha value is -1.16. The van der Waals surface area contributed by atoms with E-state index >= 15 is 0 Å². The molecule has 4 heteroatoms. The molecule has 0 N–H and O–H groups in total. The Bertz CT molecular complexity index is 266. The molecule has 0 saturated carbocycles. The lowest BCUT2D eigenvalue weighted by Gasteiger charge is -2.03. The van der Waals surface area contributed by atoms with Crippen molar-refractivity contribution in [3.05, 3.63) is 22.4 Å². The predicted octanol–water partition coefficient (Wildman–Crippen LogP) is 1.20. The Morgan fingerprint density at radius 3 is 2.92 bits per heavy atom. The van der Waals surface area contributed by atoms with Gasteiger partial charge in [-0.2, -0.15) is 0 Å². The van der Waals surface area contributed by atoms with Gasteiger partial charge in [-0.15, -0.1) is 11.3 Å². The Morgan fingerprint density at radius 2 is 2.50 bits per heavy atom. The van der Waals surface area contributed by atoms with Gasteiger partial charge >= 0.3 is 5.97 Å². The first-order valence-electron chi connectivity index (χ1n) is 3.36. The number of carbonyl (C=O) groups excluding carboxylic acids is 2. The largest absolute Gasteiger partial charge is 0.468 e. The first-order valence-corrected chi connectivity index (χ1v) is 4.24. The summed E-state index contributed by atoms with van der Waals surface area (Å²) in [5, 5.41) is 1.81. The first kappa shape index (κ1) is 8.93. The van der Waals surface area contributed by atoms with E-state index in [9.17, 15) is 9.59 Å². The normalized spacial score (nSPS) is 12.1. The van der Waals surface area contributed by atoms with Crippen LogP contribution in [0.4, 0.5) is 0 Å². The van der Waals surface area contributed by atoms with Crippen LogP contribution in [0.2, 0.25) is 0 Å². The summed E-state index contributed by atoms with van der Waals surface area (Å²) in [5.41, 5.74) is 0. The van der Waals surface area contributed by atoms with E-state index in [1.807, 2.05) is 5.38 Å². The maximum absolute atomic E-state index is 11.0. The van der Waals surface area contributed by atoms with Crippen LogP contribution in [0.15, 0.2) is 17.5 Å². The molecule has 1 aromatic rings. The maximum Gasteiger partial charge on any atom is 0.321 e. The summed E-state index contributed by atoms with van der Waals surface area (Å²) >= 11 is 1.37. The van der Waals surface area contributed by atoms with Gasteiger partial charge in [0.2, 0.25) is 0 Å². The van der Waals surface area contributed by atoms with E-state index < -0.39 is 11.9 Å². The van der Waals surface area contributed by atoms with E-state index in [1.165, 1.54) is 18.4 Å². The Balaban J connectivity index is 2.83. The molecule has 1 unspecified atom stereocenters. The van der Waals surface area contributed by atoms with Crippen molar-refractivity contribution in [1.29, 1.82) is 0 Å². The lowest BCUT2D eigenvalue weighted by atomic mass is 10.1. The quantitative estimate of drug-likeness (QED) is 0.403. The second kappa shape index (κ2) is 4.01. The number of rotatable bonds is 3. The summed E-state index contributed by atoms with van der Waals surface area (Å²) in [6.07, 6.45) is 0.595. The van der Waals surface area contributed by atoms with Crippen molar-refractivity contribution in [1.82, 2.24) is 0 Å². The van der Waals surface area contributed by atoms with Gasteiger partial charge in [0.15, 0.2) is 0 Å². The molecule has 0 aromatic carbocycles. The van der Waals surface area contributed by atoms with Crippen LogP contribution < -0.4 is 0 Å². The molecule has 0 aliphatic heterocycles. The van der Waals surface area contributed by atoms with Gasteiger partial charge in [0.25, 0.3) is 0 Å². The van der Waals surface area contributed by atoms with Gasteiger partial charge in [0.05, 0.1) is 7.11 Å². The summed E-state index contributed by atoms with van der Waals surface area (Å²) in [6, 6.07) is 3.53. The minimum atomic E-state index is -0.755. The fourth-order valence-corrected chi connectivity index (χ4v) is 1.60. The third-order valence-electron chi connectivity index (χ3n) is 1.44. The van der Waals surface area contributed by atoms with Crippen LogP contribution in [0.1, 0.15) is 10.8 Å². The topological polar surface area (TPSA) is 43.4 Å². The minimum absolute atomic E-state index is 0.507. The molecule has 0 radical (unpaired) electrons. The van der Waals surface area contributed by atoms with Crippen LogP contribution >= 0.6 is 11.3 Å². The molecule has 1 atom stereocenters. The summed E-state index contributed by atoms with van der Waals surface area (Å²) < 4.78 is 4.46. The highest BCUT2D eigenvalue weighted by Gasteiger charge is 2.20. The monoisotopic (exact) mass is 184 g/mol. The number of thiophene rings is 1. The zero-order chi connectivity index (χ0) is 8.97. The molecular formula is C8H8O3S. The summed E-state index contributed by atoms with van der Waals surface area (Å²) in [6.45, 7) is 0. The Labute approximate surface area is 74.0 Å². The summed E-state index contributed by atoms with van der Waals surface area (Å²) in [4.78, 5) is 22.2. The van der Waals surface area contributed by atoms with Crippen molar-refractivity contribution in [3.63, 3.8) is 0 Å². The van der Waals surface area contributed by atoms with Crippen LogP contribution in [0, 0.1) is 0 Å². The molecule has 0 saturated heterocycles. The van der Waals surface area contributed by atoms with Crippen LogP contribution in [-0.2, 0) is 14.3 Å². The SMILES string of the molecule is COC(=O)C(C=O)c1cccs1. The number of esters is 1. The van der Waals surface area contributed by atoms with Crippen LogP contribution in [0.5, 0.6) is 0 Å². The van der Waals surface area contributed by atoms with Crippen molar-refractivity contribution in [3.8, 4) is 0 Å². The molecule has 3 nitrogen and oxygen atoms in total. The number of carbonyl (C=O) groups is 2. The highest BCUT2D eigenvalue weighted by molar-refractivity contribution is 7.10. The predicted molar refractivity (Wildman–Crippen MR) is 45.1 cm³/mol. The molecular weight excluding hydrogens is 176 g/mol. The second-order valence-corrected chi connectivity index (χ2v) is 3.13. The number of hydrogen-bond donors (Lipinski definition) is 0. The third kappa shape index (κ3) is 1.71. The van der Waals surface area contributed by atoms with E-state index in [0.717, 1.165) is 4.88 Å². The first-order chi connectivity index (χ1) is 5.79. The van der Waals surface area contributed by atoms with Gasteiger partial charge in [-0.25, -0.2) is 0 Å². The summed E-state index contributed by atoms with van der Waals surface area (Å²) in [5.74, 6) is -1.26. The van der Waals surface area contributed by atoms with E-state index in [4.69, 9.17) is 0 Å². The fourth-order valence-electron chi connectivity index (χ4n) is 0.834. The molecule has 0 amide bonds. The number of hydrogen-bond acceptors (Lipinski definition) is 4. The highest BCUT2D eigenvalue weighted by atomic mass is 32.1. The van der Waals surface area contributed by atoms with Gasteiger partial charge in [-0.3, -0.25) is 4.79 Å². The molecule has 0 bridgehead atoms. The van der Waals surface area contributed by atoms with E-state index in [1.54, 1.807) is 12.1 Å². The van der Waals surface area contributed by atoms with Gasteiger partial charge in [-0.1, -0.05) is 6.07 Å². The molecule has 1 aromatic heterocycles. The lowest BCUT2D eigenvalue weighted by molar-refractivity contribution is -0.143. The van der Waals surface area contributed by atoms with Crippen molar-refractivity contribution < 1.29 is 14.3 Å². The molecule has 0 aliphatic rings. The maximum atomic E-state index is 11.0. The van der Waals surface area contributed by atoms with E-state index in [0.29, 0.717) is 6.29 Å². The molecule has 0 aliphatic carbocycles. The zero-order valence-corrected chi connectivity index (χ0v) is 7.34. The second-order valence-electron chi connectivity index (χ2n) is 2.15. The van der Waals surface area contributed by atoms with Crippen molar-refractivity contribution >= 4 is 23.6 Å². The average molecular weight is 184 g/mol.